The van der Waals surface area contributed by atoms with E-state index in [1.54, 1.807) is 4.90 Å². The summed E-state index contributed by atoms with van der Waals surface area (Å²) in [6.07, 6.45) is 4.54. The Kier molecular flexibility index (Phi) is 5.40. The number of carbonyl (C=O) groups excluding carboxylic acids is 1. The summed E-state index contributed by atoms with van der Waals surface area (Å²) in [6, 6.07) is 0. The van der Waals surface area contributed by atoms with Gasteiger partial charge in [-0.1, -0.05) is 6.92 Å². The number of hydrogen-bond acceptors (Lipinski definition) is 3. The van der Waals surface area contributed by atoms with Crippen molar-refractivity contribution in [3.8, 4) is 0 Å². The molecule has 0 aromatic carbocycles. The third-order valence-electron chi connectivity index (χ3n) is 4.51. The van der Waals surface area contributed by atoms with Crippen molar-refractivity contribution >= 4 is 11.9 Å². The lowest BCUT2D eigenvalue weighted by atomic mass is 9.98. The predicted molar refractivity (Wildman–Crippen MR) is 76.4 cm³/mol. The summed E-state index contributed by atoms with van der Waals surface area (Å²) in [5.41, 5.74) is 0. The normalized spacial score (nSPS) is 28.4. The fraction of sp³-hybridized carbons (Fsp3) is 0.867. The molecule has 1 amide bonds. The van der Waals surface area contributed by atoms with E-state index in [0.717, 1.165) is 38.5 Å². The Morgan fingerprint density at radius 1 is 1.15 bits per heavy atom. The summed E-state index contributed by atoms with van der Waals surface area (Å²) in [6.45, 7) is 6.37. The maximum atomic E-state index is 12.2. The monoisotopic (exact) mass is 282 g/mol. The number of likely N-dealkylation sites (tertiary alicyclic amines) is 2. The van der Waals surface area contributed by atoms with Gasteiger partial charge in [0.25, 0.3) is 0 Å². The lowest BCUT2D eigenvalue weighted by Gasteiger charge is -2.33. The number of aliphatic carboxylic acids is 1. The lowest BCUT2D eigenvalue weighted by molar-refractivity contribution is -0.145. The van der Waals surface area contributed by atoms with Crippen LogP contribution in [0.15, 0.2) is 0 Å². The first-order chi connectivity index (χ1) is 9.56. The van der Waals surface area contributed by atoms with Crippen LogP contribution in [0, 0.1) is 11.8 Å². The maximum absolute atomic E-state index is 12.2. The molecule has 5 nitrogen and oxygen atoms in total. The van der Waals surface area contributed by atoms with E-state index in [0.29, 0.717) is 19.4 Å². The molecular formula is C15H26N2O3. The quantitative estimate of drug-likeness (QED) is 0.847. The van der Waals surface area contributed by atoms with Gasteiger partial charge in [0, 0.05) is 32.6 Å². The number of nitrogens with zero attached hydrogens (tertiary/aromatic N) is 2. The Hall–Kier alpha value is -1.10. The average Bonchev–Trinajstić information content (AvgIpc) is 2.45. The molecule has 2 rings (SSSR count). The molecule has 0 aromatic heterocycles. The second-order valence-electron chi connectivity index (χ2n) is 6.32. The number of rotatable bonds is 4. The number of hydrogen-bond donors (Lipinski definition) is 1. The Labute approximate surface area is 120 Å². The third-order valence-corrected chi connectivity index (χ3v) is 4.51. The van der Waals surface area contributed by atoms with Crippen LogP contribution in [0.3, 0.4) is 0 Å². The van der Waals surface area contributed by atoms with Gasteiger partial charge in [-0.15, -0.1) is 0 Å². The smallest absolute Gasteiger partial charge is 0.308 e. The van der Waals surface area contributed by atoms with Gasteiger partial charge in [0.15, 0.2) is 0 Å². The first-order valence-electron chi connectivity index (χ1n) is 7.79. The fourth-order valence-electron chi connectivity index (χ4n) is 3.31. The molecule has 2 unspecified atom stereocenters. The standard InChI is InChI=1S/C15H26N2O3/c1-12-4-2-7-16(10-12)9-6-14(18)17-8-3-5-13(11-17)15(19)20/h12-13H,2-11H2,1H3,(H,19,20). The Bertz CT molecular complexity index is 359. The van der Waals surface area contributed by atoms with Crippen LogP contribution in [-0.4, -0.2) is 59.5 Å². The van der Waals surface area contributed by atoms with Gasteiger partial charge in [-0.3, -0.25) is 9.59 Å². The molecule has 2 aliphatic heterocycles. The zero-order valence-corrected chi connectivity index (χ0v) is 12.4. The van der Waals surface area contributed by atoms with E-state index in [2.05, 4.69) is 11.8 Å². The highest BCUT2D eigenvalue weighted by Gasteiger charge is 2.28. The highest BCUT2D eigenvalue weighted by atomic mass is 16.4. The number of carboxylic acid groups (broad SMARTS) is 1. The molecule has 0 bridgehead atoms. The topological polar surface area (TPSA) is 60.9 Å². The summed E-state index contributed by atoms with van der Waals surface area (Å²) in [4.78, 5) is 27.3. The molecule has 2 aliphatic rings. The van der Waals surface area contributed by atoms with Gasteiger partial charge in [-0.2, -0.15) is 0 Å². The van der Waals surface area contributed by atoms with Gasteiger partial charge in [-0.05, 0) is 38.1 Å². The first kappa shape index (κ1) is 15.3. The van der Waals surface area contributed by atoms with Crippen LogP contribution in [0.4, 0.5) is 0 Å². The Morgan fingerprint density at radius 2 is 1.90 bits per heavy atom. The van der Waals surface area contributed by atoms with Gasteiger partial charge in [-0.25, -0.2) is 0 Å². The van der Waals surface area contributed by atoms with Crippen LogP contribution >= 0.6 is 0 Å². The molecule has 20 heavy (non-hydrogen) atoms. The van der Waals surface area contributed by atoms with Crippen LogP contribution in [0.2, 0.25) is 0 Å². The minimum Gasteiger partial charge on any atom is -0.481 e. The van der Waals surface area contributed by atoms with E-state index < -0.39 is 5.97 Å². The van der Waals surface area contributed by atoms with Gasteiger partial charge in [0.2, 0.25) is 5.91 Å². The van der Waals surface area contributed by atoms with E-state index in [9.17, 15) is 9.59 Å². The number of piperidine rings is 2. The van der Waals surface area contributed by atoms with Crippen molar-refractivity contribution in [3.63, 3.8) is 0 Å². The Balaban J connectivity index is 1.75. The van der Waals surface area contributed by atoms with Crippen LogP contribution < -0.4 is 0 Å². The number of carboxylic acids is 1. The molecule has 0 radical (unpaired) electrons. The van der Waals surface area contributed by atoms with Crippen LogP contribution in [0.5, 0.6) is 0 Å². The molecule has 1 N–H and O–H groups in total. The third kappa shape index (κ3) is 4.20. The van der Waals surface area contributed by atoms with E-state index in [1.807, 2.05) is 0 Å². The van der Waals surface area contributed by atoms with Crippen LogP contribution in [0.1, 0.15) is 39.0 Å². The van der Waals surface area contributed by atoms with E-state index in [-0.39, 0.29) is 11.8 Å². The highest BCUT2D eigenvalue weighted by molar-refractivity contribution is 5.78. The molecule has 2 fully saturated rings. The SMILES string of the molecule is CC1CCCN(CCC(=O)N2CCCC(C(=O)O)C2)C1. The molecule has 2 atom stereocenters. The molecule has 0 aliphatic carbocycles. The summed E-state index contributed by atoms with van der Waals surface area (Å²) in [5.74, 6) is -0.297. The van der Waals surface area contributed by atoms with E-state index in [1.165, 1.54) is 12.8 Å². The minimum absolute atomic E-state index is 0.120. The fourth-order valence-corrected chi connectivity index (χ4v) is 3.31. The van der Waals surface area contributed by atoms with Gasteiger partial charge in [0.05, 0.1) is 5.92 Å². The number of amides is 1. The summed E-state index contributed by atoms with van der Waals surface area (Å²) in [5, 5.41) is 9.05. The van der Waals surface area contributed by atoms with Gasteiger partial charge < -0.3 is 14.9 Å². The summed E-state index contributed by atoms with van der Waals surface area (Å²) < 4.78 is 0. The molecule has 2 saturated heterocycles. The van der Waals surface area contributed by atoms with Crippen molar-refractivity contribution in [3.05, 3.63) is 0 Å². The predicted octanol–water partition coefficient (Wildman–Crippen LogP) is 1.43. The average molecular weight is 282 g/mol. The zero-order valence-electron chi connectivity index (χ0n) is 12.4. The minimum atomic E-state index is -0.771. The van der Waals surface area contributed by atoms with Gasteiger partial charge in [0.1, 0.15) is 0 Å². The zero-order chi connectivity index (χ0) is 14.5. The molecule has 0 saturated carbocycles. The van der Waals surface area contributed by atoms with Crippen molar-refractivity contribution in [2.75, 3.05) is 32.7 Å². The van der Waals surface area contributed by atoms with Crippen molar-refractivity contribution in [1.82, 2.24) is 9.80 Å². The number of carbonyl (C=O) groups is 2. The van der Waals surface area contributed by atoms with Crippen molar-refractivity contribution in [2.45, 2.75) is 39.0 Å². The van der Waals surface area contributed by atoms with E-state index in [4.69, 9.17) is 5.11 Å². The second-order valence-corrected chi connectivity index (χ2v) is 6.32. The van der Waals surface area contributed by atoms with Crippen LogP contribution in [-0.2, 0) is 9.59 Å². The molecule has 114 valence electrons. The van der Waals surface area contributed by atoms with Crippen LogP contribution in [0.25, 0.3) is 0 Å². The van der Waals surface area contributed by atoms with Gasteiger partial charge >= 0.3 is 5.97 Å². The summed E-state index contributed by atoms with van der Waals surface area (Å²) >= 11 is 0. The van der Waals surface area contributed by atoms with Crippen molar-refractivity contribution < 1.29 is 14.7 Å². The lowest BCUT2D eigenvalue weighted by Crippen LogP contribution is -2.44. The Morgan fingerprint density at radius 3 is 2.60 bits per heavy atom. The molecule has 5 heteroatoms. The molecule has 2 heterocycles. The largest absolute Gasteiger partial charge is 0.481 e. The molecular weight excluding hydrogens is 256 g/mol. The first-order valence-corrected chi connectivity index (χ1v) is 7.79. The second kappa shape index (κ2) is 7.07. The molecule has 0 spiro atoms. The van der Waals surface area contributed by atoms with E-state index >= 15 is 0 Å². The molecule has 0 aromatic rings. The van der Waals surface area contributed by atoms with Crippen molar-refractivity contribution in [1.29, 1.82) is 0 Å². The summed E-state index contributed by atoms with van der Waals surface area (Å²) in [7, 11) is 0. The maximum Gasteiger partial charge on any atom is 0.308 e. The highest BCUT2D eigenvalue weighted by Crippen LogP contribution is 2.19. The van der Waals surface area contributed by atoms with Crippen molar-refractivity contribution in [2.24, 2.45) is 11.8 Å².